The van der Waals surface area contributed by atoms with E-state index in [1.165, 1.54) is 0 Å². The monoisotopic (exact) mass is 341 g/mol. The quantitative estimate of drug-likeness (QED) is 0.909. The van der Waals surface area contributed by atoms with Crippen molar-refractivity contribution in [3.05, 3.63) is 18.2 Å². The maximum atomic E-state index is 12.5. The maximum Gasteiger partial charge on any atom is 0.234 e. The van der Waals surface area contributed by atoms with E-state index in [2.05, 4.69) is 21.8 Å². The number of nitrogens with one attached hydrogen (secondary N) is 1. The molecule has 1 N–H and O–H groups in total. The molecule has 0 aliphatic carbocycles. The highest BCUT2D eigenvalue weighted by atomic mass is 32.2. The van der Waals surface area contributed by atoms with Crippen LogP contribution in [0.2, 0.25) is 0 Å². The highest BCUT2D eigenvalue weighted by molar-refractivity contribution is 8.07. The molecule has 3 heterocycles. The molecule has 2 aliphatic rings. The summed E-state index contributed by atoms with van der Waals surface area (Å²) < 4.78 is 8.05. The summed E-state index contributed by atoms with van der Waals surface area (Å²) in [7, 11) is 0. The predicted molar refractivity (Wildman–Crippen MR) is 91.3 cm³/mol. The van der Waals surface area contributed by atoms with Crippen LogP contribution < -0.4 is 5.32 Å². The fraction of sp³-hybridized carbons (Fsp3) is 0.733. The van der Waals surface area contributed by atoms with Gasteiger partial charge in [-0.25, -0.2) is 4.98 Å². The molecule has 5 nitrogen and oxygen atoms in total. The number of aryl methyl sites for hydroxylation is 1. The zero-order chi connectivity index (χ0) is 15.4. The van der Waals surface area contributed by atoms with E-state index in [1.807, 2.05) is 24.2 Å². The molecule has 2 aliphatic heterocycles. The van der Waals surface area contributed by atoms with Gasteiger partial charge >= 0.3 is 0 Å². The fourth-order valence-corrected chi connectivity index (χ4v) is 5.51. The smallest absolute Gasteiger partial charge is 0.234 e. The lowest BCUT2D eigenvalue weighted by Gasteiger charge is -2.33. The first-order chi connectivity index (χ1) is 10.8. The summed E-state index contributed by atoms with van der Waals surface area (Å²) in [6.07, 6.45) is 5.59. The van der Waals surface area contributed by atoms with E-state index in [-0.39, 0.29) is 23.3 Å². The molecule has 7 heteroatoms. The van der Waals surface area contributed by atoms with Crippen LogP contribution in [-0.4, -0.2) is 50.6 Å². The van der Waals surface area contributed by atoms with Crippen LogP contribution in [0.3, 0.4) is 0 Å². The van der Waals surface area contributed by atoms with Gasteiger partial charge in [0.15, 0.2) is 0 Å². The normalized spacial score (nSPS) is 29.2. The van der Waals surface area contributed by atoms with Crippen molar-refractivity contribution in [1.29, 1.82) is 0 Å². The van der Waals surface area contributed by atoms with E-state index in [9.17, 15) is 4.79 Å². The number of rotatable bonds is 4. The molecule has 0 radical (unpaired) electrons. The second kappa shape index (κ2) is 7.75. The lowest BCUT2D eigenvalue weighted by atomic mass is 10.0. The van der Waals surface area contributed by atoms with Gasteiger partial charge in [-0.1, -0.05) is 0 Å². The molecule has 0 aromatic carbocycles. The minimum Gasteiger partial charge on any atom is -0.368 e. The molecule has 0 saturated carbocycles. The number of hydrogen-bond donors (Lipinski definition) is 1. The van der Waals surface area contributed by atoms with Gasteiger partial charge in [-0.3, -0.25) is 4.79 Å². The van der Waals surface area contributed by atoms with Crippen LogP contribution >= 0.6 is 23.5 Å². The van der Waals surface area contributed by atoms with Gasteiger partial charge in [0.2, 0.25) is 5.91 Å². The Morgan fingerprint density at radius 2 is 2.45 bits per heavy atom. The number of carbonyl (C=O) groups is 1. The molecule has 22 heavy (non-hydrogen) atoms. The second-order valence-electron chi connectivity index (χ2n) is 5.55. The Hall–Kier alpha value is -0.660. The van der Waals surface area contributed by atoms with Crippen molar-refractivity contribution in [2.45, 2.75) is 43.7 Å². The Morgan fingerprint density at radius 3 is 3.23 bits per heavy atom. The number of amides is 1. The summed E-state index contributed by atoms with van der Waals surface area (Å²) in [5, 5.41) is 3.30. The molecule has 1 aromatic rings. The highest BCUT2D eigenvalue weighted by Crippen LogP contribution is 2.29. The Labute approximate surface area is 140 Å². The minimum absolute atomic E-state index is 0.0291. The van der Waals surface area contributed by atoms with Gasteiger partial charge in [-0.2, -0.15) is 11.8 Å². The molecule has 3 rings (SSSR count). The van der Waals surface area contributed by atoms with Crippen molar-refractivity contribution in [2.75, 3.05) is 23.9 Å². The zero-order valence-corrected chi connectivity index (χ0v) is 14.5. The first-order valence-corrected chi connectivity index (χ1v) is 10.1. The Morgan fingerprint density at radius 1 is 1.55 bits per heavy atom. The second-order valence-corrected chi connectivity index (χ2v) is 8.01. The van der Waals surface area contributed by atoms with Gasteiger partial charge < -0.3 is 14.6 Å². The Bertz CT molecular complexity index is 503. The Kier molecular flexibility index (Phi) is 5.71. The van der Waals surface area contributed by atoms with Gasteiger partial charge in [0.25, 0.3) is 0 Å². The number of thioether (sulfide) groups is 2. The summed E-state index contributed by atoms with van der Waals surface area (Å²) in [4.78, 5) is 17.0. The van der Waals surface area contributed by atoms with E-state index < -0.39 is 0 Å². The molecule has 0 spiro atoms. The lowest BCUT2D eigenvalue weighted by Crippen LogP contribution is -2.47. The third kappa shape index (κ3) is 3.63. The van der Waals surface area contributed by atoms with Gasteiger partial charge in [-0.15, -0.1) is 11.8 Å². The molecule has 1 amide bonds. The van der Waals surface area contributed by atoms with Crippen LogP contribution in [0, 0.1) is 0 Å². The van der Waals surface area contributed by atoms with E-state index >= 15 is 0 Å². The van der Waals surface area contributed by atoms with Crippen LogP contribution in [0.5, 0.6) is 0 Å². The average Bonchev–Trinajstić information content (AvgIpc) is 3.04. The van der Waals surface area contributed by atoms with E-state index in [1.54, 1.807) is 11.8 Å². The van der Waals surface area contributed by atoms with Crippen molar-refractivity contribution in [3.63, 3.8) is 0 Å². The molecule has 122 valence electrons. The van der Waals surface area contributed by atoms with Crippen molar-refractivity contribution < 1.29 is 9.53 Å². The van der Waals surface area contributed by atoms with Crippen LogP contribution in [0.4, 0.5) is 0 Å². The number of carbonyl (C=O) groups excluding carboxylic acids is 1. The van der Waals surface area contributed by atoms with Crippen LogP contribution in [0.25, 0.3) is 0 Å². The highest BCUT2D eigenvalue weighted by Gasteiger charge is 2.33. The summed E-state index contributed by atoms with van der Waals surface area (Å²) >= 11 is 3.64. The molecule has 1 aromatic heterocycles. The molecule has 2 fully saturated rings. The summed E-state index contributed by atoms with van der Waals surface area (Å²) in [6.45, 7) is 3.70. The molecule has 0 bridgehead atoms. The first-order valence-electron chi connectivity index (χ1n) is 7.92. The first kappa shape index (κ1) is 16.2. The molecule has 2 saturated heterocycles. The predicted octanol–water partition coefficient (Wildman–Crippen LogP) is 2.09. The van der Waals surface area contributed by atoms with E-state index in [0.29, 0.717) is 0 Å². The largest absolute Gasteiger partial charge is 0.368 e. The van der Waals surface area contributed by atoms with E-state index in [4.69, 9.17) is 4.74 Å². The molecular weight excluding hydrogens is 318 g/mol. The molecule has 1 unspecified atom stereocenters. The maximum absolute atomic E-state index is 12.5. The average molecular weight is 342 g/mol. The molecular formula is C15H23N3O2S2. The Balaban J connectivity index is 1.68. The topological polar surface area (TPSA) is 56.1 Å². The number of imidazole rings is 1. The number of ether oxygens (including phenoxy) is 1. The van der Waals surface area contributed by atoms with Crippen molar-refractivity contribution in [2.24, 2.45) is 0 Å². The lowest BCUT2D eigenvalue weighted by molar-refractivity contribution is -0.123. The third-order valence-electron chi connectivity index (χ3n) is 4.10. The van der Waals surface area contributed by atoms with Gasteiger partial charge in [0, 0.05) is 42.8 Å². The summed E-state index contributed by atoms with van der Waals surface area (Å²) in [6, 6.07) is 0.0291. The summed E-state index contributed by atoms with van der Waals surface area (Å²) in [5.41, 5.74) is 0. The fourth-order valence-electron chi connectivity index (χ4n) is 2.94. The minimum atomic E-state index is -0.131. The number of hydrogen-bond acceptors (Lipinski definition) is 5. The van der Waals surface area contributed by atoms with Gasteiger partial charge in [0.1, 0.15) is 11.9 Å². The van der Waals surface area contributed by atoms with Crippen LogP contribution in [0.15, 0.2) is 12.4 Å². The summed E-state index contributed by atoms with van der Waals surface area (Å²) in [5.74, 6) is 4.22. The van der Waals surface area contributed by atoms with Crippen LogP contribution in [0.1, 0.15) is 31.7 Å². The number of aromatic nitrogens is 2. The number of nitrogens with zero attached hydrogens (tertiary/aromatic N) is 2. The van der Waals surface area contributed by atoms with Crippen molar-refractivity contribution in [1.82, 2.24) is 14.9 Å². The SMILES string of the molecule is CCn1ccnc1[C@@H]1OCCC[C@H]1NC(=O)C1CSCCS1. The van der Waals surface area contributed by atoms with E-state index in [0.717, 1.165) is 49.1 Å². The van der Waals surface area contributed by atoms with Gasteiger partial charge in [-0.05, 0) is 19.8 Å². The van der Waals surface area contributed by atoms with Crippen molar-refractivity contribution in [3.8, 4) is 0 Å². The van der Waals surface area contributed by atoms with Gasteiger partial charge in [0.05, 0.1) is 11.3 Å². The van der Waals surface area contributed by atoms with Crippen LogP contribution in [-0.2, 0) is 16.1 Å². The van der Waals surface area contributed by atoms with Crippen molar-refractivity contribution >= 4 is 29.4 Å². The molecule has 3 atom stereocenters. The zero-order valence-electron chi connectivity index (χ0n) is 12.9. The standard InChI is InChI=1S/C15H23N3O2S2/c1-2-18-6-5-16-14(18)13-11(4-3-7-20-13)17-15(19)12-10-21-8-9-22-12/h5-6,11-13H,2-4,7-10H2,1H3,(H,17,19)/t11-,12?,13-/m1/s1. The third-order valence-corrected chi connectivity index (χ3v) is 6.86.